The molecule has 3 aromatic rings. The van der Waals surface area contributed by atoms with Crippen LogP contribution < -0.4 is 16.4 Å². The van der Waals surface area contributed by atoms with Gasteiger partial charge < -0.3 is 24.9 Å². The van der Waals surface area contributed by atoms with Crippen LogP contribution in [0.2, 0.25) is 0 Å². The standard InChI is InChI=1S/C25H28N8O3/c1-4-18-8-17(5-6-35-18)33-23-22-19(7-14(9-26)20(30-22)16-12-29-32(3)13-16)36-24(23)21(31-25(33)34)15(10-27)11-28-2/h7,10-11,13,17-18,27-29H,4-6,8,12H2,1-3H3/b15-11+,27-10?/t17-,18-/m0/s1. The number of allylic oxidation sites excluding steroid dienone is 1. The third-order valence-corrected chi connectivity index (χ3v) is 6.69. The van der Waals surface area contributed by atoms with Crippen LogP contribution in [0.1, 0.15) is 49.2 Å². The van der Waals surface area contributed by atoms with Crippen molar-refractivity contribution in [2.75, 3.05) is 27.2 Å². The maximum absolute atomic E-state index is 13.6. The van der Waals surface area contributed by atoms with Gasteiger partial charge in [-0.05, 0) is 19.3 Å². The predicted molar refractivity (Wildman–Crippen MR) is 136 cm³/mol. The third kappa shape index (κ3) is 3.94. The molecule has 0 spiro atoms. The van der Waals surface area contributed by atoms with Crippen LogP contribution in [0.15, 0.2) is 27.7 Å². The van der Waals surface area contributed by atoms with E-state index in [1.54, 1.807) is 23.9 Å². The van der Waals surface area contributed by atoms with Crippen LogP contribution in [0.25, 0.3) is 33.3 Å². The van der Waals surface area contributed by atoms with Crippen molar-refractivity contribution in [3.05, 3.63) is 45.9 Å². The SMILES string of the molecule is CC[C@H]1C[C@@H](n2c(=O)nc(/C(C=N)=C/NC)c3oc4cc(C#N)c(C5=CN(C)NC5)nc4c32)CCO1. The summed E-state index contributed by atoms with van der Waals surface area (Å²) < 4.78 is 13.8. The van der Waals surface area contributed by atoms with Gasteiger partial charge in [-0.3, -0.25) is 4.57 Å². The molecule has 0 saturated carbocycles. The number of aromatic nitrogens is 3. The Morgan fingerprint density at radius 1 is 1.44 bits per heavy atom. The van der Waals surface area contributed by atoms with Crippen LogP contribution in [-0.2, 0) is 4.74 Å². The number of furan rings is 1. The van der Waals surface area contributed by atoms with E-state index in [4.69, 9.17) is 19.5 Å². The molecule has 0 unspecified atom stereocenters. The molecule has 5 heterocycles. The molecule has 11 nitrogen and oxygen atoms in total. The number of fused-ring (bicyclic) bond motifs is 3. The second kappa shape index (κ2) is 9.56. The van der Waals surface area contributed by atoms with Crippen LogP contribution in [0, 0.1) is 16.7 Å². The topological polar surface area (TPSA) is 145 Å². The number of nitrogens with one attached hydrogen (secondary N) is 3. The van der Waals surface area contributed by atoms with Gasteiger partial charge in [-0.2, -0.15) is 10.2 Å². The lowest BCUT2D eigenvalue weighted by atomic mass is 10.0. The van der Waals surface area contributed by atoms with Gasteiger partial charge in [0.15, 0.2) is 11.2 Å². The number of pyridine rings is 1. The molecule has 0 aromatic carbocycles. The minimum absolute atomic E-state index is 0.0452. The Hall–Kier alpha value is -4.01. The molecule has 0 amide bonds. The molecule has 0 aliphatic carbocycles. The van der Waals surface area contributed by atoms with E-state index in [1.807, 2.05) is 18.3 Å². The molecule has 2 aliphatic rings. The van der Waals surface area contributed by atoms with Crippen molar-refractivity contribution in [1.29, 1.82) is 10.7 Å². The molecule has 3 N–H and O–H groups in total. The molecule has 2 atom stereocenters. The number of hydrogen-bond acceptors (Lipinski definition) is 10. The van der Waals surface area contributed by atoms with Crippen LogP contribution in [0.5, 0.6) is 0 Å². The summed E-state index contributed by atoms with van der Waals surface area (Å²) in [5.41, 5.74) is 6.95. The zero-order valence-corrected chi connectivity index (χ0v) is 20.5. The molecule has 11 heteroatoms. The van der Waals surface area contributed by atoms with Crippen molar-refractivity contribution in [1.82, 2.24) is 30.3 Å². The van der Waals surface area contributed by atoms with E-state index < -0.39 is 5.69 Å². The van der Waals surface area contributed by atoms with Crippen molar-refractivity contribution >= 4 is 39.6 Å². The van der Waals surface area contributed by atoms with Crippen molar-refractivity contribution in [2.24, 2.45) is 0 Å². The number of hydrogen-bond donors (Lipinski definition) is 3. The Morgan fingerprint density at radius 2 is 2.28 bits per heavy atom. The zero-order valence-electron chi connectivity index (χ0n) is 20.5. The summed E-state index contributed by atoms with van der Waals surface area (Å²) in [5, 5.41) is 22.5. The second-order valence-corrected chi connectivity index (χ2v) is 8.95. The maximum atomic E-state index is 13.6. The number of nitriles is 1. The van der Waals surface area contributed by atoms with E-state index in [9.17, 15) is 10.1 Å². The summed E-state index contributed by atoms with van der Waals surface area (Å²) in [4.78, 5) is 22.8. The van der Waals surface area contributed by atoms with Crippen molar-refractivity contribution < 1.29 is 9.15 Å². The van der Waals surface area contributed by atoms with Crippen LogP contribution in [0.4, 0.5) is 0 Å². The Kier molecular flexibility index (Phi) is 6.30. The number of nitrogens with zero attached hydrogens (tertiary/aromatic N) is 5. The normalized spacial score (nSPS) is 20.6. The average Bonchev–Trinajstić information content (AvgIpc) is 3.49. The van der Waals surface area contributed by atoms with Gasteiger partial charge in [-0.25, -0.2) is 15.2 Å². The largest absolute Gasteiger partial charge is 0.450 e. The summed E-state index contributed by atoms with van der Waals surface area (Å²) in [6, 6.07) is 3.75. The van der Waals surface area contributed by atoms with Crippen LogP contribution >= 0.6 is 0 Å². The molecule has 0 bridgehead atoms. The van der Waals surface area contributed by atoms with Gasteiger partial charge >= 0.3 is 5.69 Å². The minimum Gasteiger partial charge on any atom is -0.450 e. The summed E-state index contributed by atoms with van der Waals surface area (Å²) in [5.74, 6) is 0. The molecule has 5 rings (SSSR count). The van der Waals surface area contributed by atoms with Gasteiger partial charge in [0.2, 0.25) is 0 Å². The Balaban J connectivity index is 1.86. The summed E-state index contributed by atoms with van der Waals surface area (Å²) in [6.45, 7) is 3.14. The Morgan fingerprint density at radius 3 is 2.94 bits per heavy atom. The number of rotatable bonds is 6. The van der Waals surface area contributed by atoms with Gasteiger partial charge in [0, 0.05) is 69.1 Å². The average molecular weight is 489 g/mol. The van der Waals surface area contributed by atoms with Gasteiger partial charge in [-0.15, -0.1) is 0 Å². The maximum Gasteiger partial charge on any atom is 0.349 e. The van der Waals surface area contributed by atoms with Crippen LogP contribution in [0.3, 0.4) is 0 Å². The number of ether oxygens (including phenoxy) is 1. The first-order chi connectivity index (χ1) is 17.5. The highest BCUT2D eigenvalue weighted by atomic mass is 16.5. The van der Waals surface area contributed by atoms with Gasteiger partial charge in [0.05, 0.1) is 17.4 Å². The molecular formula is C25H28N8O3. The quantitative estimate of drug-likeness (QED) is 0.446. The highest BCUT2D eigenvalue weighted by molar-refractivity contribution is 6.14. The summed E-state index contributed by atoms with van der Waals surface area (Å²) >= 11 is 0. The first-order valence-corrected chi connectivity index (χ1v) is 12.0. The highest BCUT2D eigenvalue weighted by Gasteiger charge is 2.30. The lowest BCUT2D eigenvalue weighted by Gasteiger charge is -2.30. The van der Waals surface area contributed by atoms with E-state index in [0.717, 1.165) is 18.2 Å². The van der Waals surface area contributed by atoms with Gasteiger partial charge in [0.25, 0.3) is 0 Å². The molecule has 3 aromatic heterocycles. The molecule has 2 aliphatic heterocycles. The van der Waals surface area contributed by atoms with E-state index in [2.05, 4.69) is 28.7 Å². The lowest BCUT2D eigenvalue weighted by molar-refractivity contribution is -0.00711. The summed E-state index contributed by atoms with van der Waals surface area (Å²) in [7, 11) is 3.59. The van der Waals surface area contributed by atoms with E-state index >= 15 is 0 Å². The minimum atomic E-state index is -0.431. The number of hydrazine groups is 1. The first-order valence-electron chi connectivity index (χ1n) is 12.0. The van der Waals surface area contributed by atoms with E-state index in [1.165, 1.54) is 0 Å². The smallest absolute Gasteiger partial charge is 0.349 e. The van der Waals surface area contributed by atoms with Crippen molar-refractivity contribution in [3.8, 4) is 6.07 Å². The third-order valence-electron chi connectivity index (χ3n) is 6.69. The monoisotopic (exact) mass is 488 g/mol. The molecule has 1 fully saturated rings. The first kappa shape index (κ1) is 23.7. The molecule has 186 valence electrons. The van der Waals surface area contributed by atoms with E-state index in [-0.39, 0.29) is 17.8 Å². The Bertz CT molecular complexity index is 1510. The van der Waals surface area contributed by atoms with Crippen molar-refractivity contribution in [2.45, 2.75) is 38.3 Å². The second-order valence-electron chi connectivity index (χ2n) is 8.95. The van der Waals surface area contributed by atoms with Crippen LogP contribution in [-0.4, -0.2) is 59.1 Å². The lowest BCUT2D eigenvalue weighted by Crippen LogP contribution is -2.34. The highest BCUT2D eigenvalue weighted by Crippen LogP contribution is 2.36. The summed E-state index contributed by atoms with van der Waals surface area (Å²) in [6.07, 6.45) is 6.84. The predicted octanol–water partition coefficient (Wildman–Crippen LogP) is 2.54. The molecule has 1 saturated heterocycles. The van der Waals surface area contributed by atoms with Crippen molar-refractivity contribution in [3.63, 3.8) is 0 Å². The fourth-order valence-corrected chi connectivity index (χ4v) is 4.95. The Labute approximate surface area is 207 Å². The molecule has 0 radical (unpaired) electrons. The van der Waals surface area contributed by atoms with Gasteiger partial charge in [-0.1, -0.05) is 6.92 Å². The molecule has 36 heavy (non-hydrogen) atoms. The van der Waals surface area contributed by atoms with E-state index in [0.29, 0.717) is 65.0 Å². The fraction of sp³-hybridized carbons (Fsp3) is 0.400. The van der Waals surface area contributed by atoms with Gasteiger partial charge in [0.1, 0.15) is 22.8 Å². The fourth-order valence-electron chi connectivity index (χ4n) is 4.95. The zero-order chi connectivity index (χ0) is 25.4. The molecular weight excluding hydrogens is 460 g/mol.